The molecule has 4 heterocycles. The zero-order chi connectivity index (χ0) is 22.1. The molecule has 0 saturated carbocycles. The van der Waals surface area contributed by atoms with Crippen LogP contribution in [0.25, 0.3) is 10.7 Å². The van der Waals surface area contributed by atoms with Crippen molar-refractivity contribution < 1.29 is 18.8 Å². The Bertz CT molecular complexity index is 1110. The molecule has 166 valence electrons. The Balaban J connectivity index is 1.18. The van der Waals surface area contributed by atoms with Gasteiger partial charge < -0.3 is 19.1 Å². The Hall–Kier alpha value is -3.24. The smallest absolute Gasteiger partial charge is 0.265 e. The third kappa shape index (κ3) is 4.11. The minimum absolute atomic E-state index is 0.0943. The lowest BCUT2D eigenvalue weighted by Gasteiger charge is -2.39. The molecule has 32 heavy (non-hydrogen) atoms. The number of rotatable bonds is 4. The first-order valence-electron chi connectivity index (χ1n) is 10.5. The van der Waals surface area contributed by atoms with E-state index in [-0.39, 0.29) is 18.4 Å². The molecule has 5 rings (SSSR count). The molecule has 0 N–H and O–H groups in total. The van der Waals surface area contributed by atoms with Crippen LogP contribution in [-0.4, -0.2) is 70.6 Å². The number of nitrogens with zero attached hydrogens (tertiary/aromatic N) is 5. The largest absolute Gasteiger partial charge is 0.476 e. The molecule has 2 aliphatic rings. The van der Waals surface area contributed by atoms with Gasteiger partial charge in [0.05, 0.1) is 23.7 Å². The summed E-state index contributed by atoms with van der Waals surface area (Å²) in [6.45, 7) is 4.82. The van der Waals surface area contributed by atoms with Gasteiger partial charge in [-0.15, -0.1) is 11.3 Å². The van der Waals surface area contributed by atoms with Crippen molar-refractivity contribution in [2.75, 3.05) is 37.6 Å². The highest BCUT2D eigenvalue weighted by Gasteiger charge is 2.36. The first-order valence-corrected chi connectivity index (χ1v) is 11.4. The molecule has 0 bridgehead atoms. The number of hydrogen-bond acceptors (Lipinski definition) is 8. The average Bonchev–Trinajstić information content (AvgIpc) is 3.50. The van der Waals surface area contributed by atoms with Crippen molar-refractivity contribution >= 4 is 28.8 Å². The summed E-state index contributed by atoms with van der Waals surface area (Å²) in [5.74, 6) is 1.53. The van der Waals surface area contributed by atoms with E-state index < -0.39 is 6.10 Å². The Morgan fingerprint density at radius 3 is 2.69 bits per heavy atom. The van der Waals surface area contributed by atoms with Gasteiger partial charge in [0.2, 0.25) is 17.6 Å². The molecule has 0 spiro atoms. The fraction of sp³-hybridized carbons (Fsp3) is 0.364. The minimum atomic E-state index is -0.704. The number of amides is 2. The second-order valence-corrected chi connectivity index (χ2v) is 8.74. The van der Waals surface area contributed by atoms with E-state index in [2.05, 4.69) is 15.0 Å². The van der Waals surface area contributed by atoms with Gasteiger partial charge in [-0.05, 0) is 23.6 Å². The van der Waals surface area contributed by atoms with Gasteiger partial charge in [0.1, 0.15) is 5.75 Å². The van der Waals surface area contributed by atoms with Crippen molar-refractivity contribution in [1.82, 2.24) is 19.9 Å². The summed E-state index contributed by atoms with van der Waals surface area (Å²) in [4.78, 5) is 36.3. The maximum Gasteiger partial charge on any atom is 0.265 e. The number of carbonyl (C=O) groups is 2. The van der Waals surface area contributed by atoms with Gasteiger partial charge in [-0.2, -0.15) is 4.98 Å². The molecule has 2 aromatic heterocycles. The fourth-order valence-electron chi connectivity index (χ4n) is 4.01. The van der Waals surface area contributed by atoms with Gasteiger partial charge in [0.25, 0.3) is 5.91 Å². The quantitative estimate of drug-likeness (QED) is 0.598. The zero-order valence-electron chi connectivity index (χ0n) is 17.6. The highest BCUT2D eigenvalue weighted by atomic mass is 32.1. The summed E-state index contributed by atoms with van der Waals surface area (Å²) in [5, 5.41) is 6.03. The van der Waals surface area contributed by atoms with E-state index in [9.17, 15) is 9.59 Å². The molecule has 9 nitrogen and oxygen atoms in total. The standard InChI is InChI=1S/C22H23N5O4S/c1-15(28)27-13-18(30-17-6-3-2-5-16(17)27)22(29)26-10-8-25(9-11-26)14-20-23-21(24-31-20)19-7-4-12-32-19/h2-7,12,18H,8-11,13-14H2,1H3. The van der Waals surface area contributed by atoms with E-state index in [4.69, 9.17) is 9.26 Å². The van der Waals surface area contributed by atoms with E-state index in [1.165, 1.54) is 6.92 Å². The highest BCUT2D eigenvalue weighted by molar-refractivity contribution is 7.13. The maximum atomic E-state index is 13.1. The van der Waals surface area contributed by atoms with Crippen LogP contribution in [0.15, 0.2) is 46.3 Å². The van der Waals surface area contributed by atoms with Crippen molar-refractivity contribution in [2.24, 2.45) is 0 Å². The molecule has 3 aromatic rings. The van der Waals surface area contributed by atoms with Crippen LogP contribution >= 0.6 is 11.3 Å². The van der Waals surface area contributed by atoms with Crippen molar-refractivity contribution in [3.8, 4) is 16.5 Å². The molecule has 1 unspecified atom stereocenters. The molecular formula is C22H23N5O4S. The van der Waals surface area contributed by atoms with Gasteiger partial charge in [0, 0.05) is 33.1 Å². The van der Waals surface area contributed by atoms with Gasteiger partial charge >= 0.3 is 0 Å². The van der Waals surface area contributed by atoms with Crippen molar-refractivity contribution in [1.29, 1.82) is 0 Å². The Morgan fingerprint density at radius 2 is 1.94 bits per heavy atom. The lowest BCUT2D eigenvalue weighted by Crippen LogP contribution is -2.56. The third-order valence-corrected chi connectivity index (χ3v) is 6.55. The topological polar surface area (TPSA) is 92.0 Å². The van der Waals surface area contributed by atoms with Crippen LogP contribution in [0.2, 0.25) is 0 Å². The monoisotopic (exact) mass is 453 g/mol. The highest BCUT2D eigenvalue weighted by Crippen LogP contribution is 2.33. The Labute approximate surface area is 189 Å². The van der Waals surface area contributed by atoms with E-state index in [1.807, 2.05) is 35.7 Å². The lowest BCUT2D eigenvalue weighted by molar-refractivity contribution is -0.140. The molecule has 0 radical (unpaired) electrons. The maximum absolute atomic E-state index is 13.1. The fourth-order valence-corrected chi connectivity index (χ4v) is 4.66. The first-order chi connectivity index (χ1) is 15.6. The van der Waals surface area contributed by atoms with Gasteiger partial charge in [-0.3, -0.25) is 14.5 Å². The molecule has 0 aliphatic carbocycles. The third-order valence-electron chi connectivity index (χ3n) is 5.68. The number of ether oxygens (including phenoxy) is 1. The Kier molecular flexibility index (Phi) is 5.62. The van der Waals surface area contributed by atoms with E-state index in [1.54, 1.807) is 27.2 Å². The number of hydrogen-bond donors (Lipinski definition) is 0. The molecule has 1 saturated heterocycles. The summed E-state index contributed by atoms with van der Waals surface area (Å²) in [6, 6.07) is 11.2. The van der Waals surface area contributed by atoms with E-state index in [0.717, 1.165) is 4.88 Å². The summed E-state index contributed by atoms with van der Waals surface area (Å²) in [5.41, 5.74) is 0.704. The second kappa shape index (κ2) is 8.71. The summed E-state index contributed by atoms with van der Waals surface area (Å²) < 4.78 is 11.4. The molecule has 2 aliphatic heterocycles. The van der Waals surface area contributed by atoms with Crippen molar-refractivity contribution in [2.45, 2.75) is 19.6 Å². The SMILES string of the molecule is CC(=O)N1CC(C(=O)N2CCN(Cc3nc(-c4cccs4)no3)CC2)Oc2ccccc21. The van der Waals surface area contributed by atoms with Crippen molar-refractivity contribution in [3.05, 3.63) is 47.7 Å². The van der Waals surface area contributed by atoms with Crippen LogP contribution < -0.4 is 9.64 Å². The predicted octanol–water partition coefficient (Wildman–Crippen LogP) is 2.26. The van der Waals surface area contributed by atoms with Crippen molar-refractivity contribution in [3.63, 3.8) is 0 Å². The van der Waals surface area contributed by atoms with Gasteiger partial charge in [-0.1, -0.05) is 23.4 Å². The summed E-state index contributed by atoms with van der Waals surface area (Å²) in [6.07, 6.45) is -0.704. The minimum Gasteiger partial charge on any atom is -0.476 e. The van der Waals surface area contributed by atoms with Crippen LogP contribution in [0.3, 0.4) is 0 Å². The zero-order valence-corrected chi connectivity index (χ0v) is 18.5. The van der Waals surface area contributed by atoms with Crippen LogP contribution in [0.1, 0.15) is 12.8 Å². The predicted molar refractivity (Wildman–Crippen MR) is 118 cm³/mol. The lowest BCUT2D eigenvalue weighted by atomic mass is 10.1. The number of piperazine rings is 1. The molecule has 1 atom stereocenters. The summed E-state index contributed by atoms with van der Waals surface area (Å²) in [7, 11) is 0. The number of anilines is 1. The second-order valence-electron chi connectivity index (χ2n) is 7.79. The number of aromatic nitrogens is 2. The first kappa shape index (κ1) is 20.7. The molecular weight excluding hydrogens is 430 g/mol. The normalized spacial score (nSPS) is 18.8. The van der Waals surface area contributed by atoms with E-state index in [0.29, 0.717) is 55.9 Å². The number of carbonyl (C=O) groups excluding carboxylic acids is 2. The van der Waals surface area contributed by atoms with Crippen LogP contribution in [0.5, 0.6) is 5.75 Å². The summed E-state index contributed by atoms with van der Waals surface area (Å²) >= 11 is 1.57. The van der Waals surface area contributed by atoms with Gasteiger partial charge in [-0.25, -0.2) is 0 Å². The average molecular weight is 454 g/mol. The van der Waals surface area contributed by atoms with Gasteiger partial charge in [0.15, 0.2) is 6.10 Å². The van der Waals surface area contributed by atoms with E-state index >= 15 is 0 Å². The van der Waals surface area contributed by atoms with Crippen LogP contribution in [0.4, 0.5) is 5.69 Å². The number of benzene rings is 1. The Morgan fingerprint density at radius 1 is 1.12 bits per heavy atom. The number of fused-ring (bicyclic) bond motifs is 1. The van der Waals surface area contributed by atoms with Crippen LogP contribution in [-0.2, 0) is 16.1 Å². The molecule has 1 fully saturated rings. The molecule has 2 amide bonds. The molecule has 1 aromatic carbocycles. The number of thiophene rings is 1. The van der Waals surface area contributed by atoms with Crippen LogP contribution in [0, 0.1) is 0 Å². The number of para-hydroxylation sites is 2. The molecule has 10 heteroatoms.